The molecule has 0 saturated carbocycles. The lowest BCUT2D eigenvalue weighted by atomic mass is 9.79. The van der Waals surface area contributed by atoms with Crippen LogP contribution in [0.4, 0.5) is 0 Å². The van der Waals surface area contributed by atoms with Gasteiger partial charge in [0.25, 0.3) is 0 Å². The van der Waals surface area contributed by atoms with Crippen molar-refractivity contribution in [1.82, 2.24) is 0 Å². The lowest BCUT2D eigenvalue weighted by molar-refractivity contribution is -0.133. The van der Waals surface area contributed by atoms with E-state index in [0.29, 0.717) is 23.3 Å². The minimum atomic E-state index is -0.370. The number of allylic oxidation sites excluding steroid dienone is 4. The van der Waals surface area contributed by atoms with Crippen LogP contribution in [0.1, 0.15) is 39.5 Å². The minimum absolute atomic E-state index is 0.261. The van der Waals surface area contributed by atoms with Crippen molar-refractivity contribution in [3.8, 4) is 0 Å². The highest BCUT2D eigenvalue weighted by atomic mass is 16.5. The predicted octanol–water partition coefficient (Wildman–Crippen LogP) is 2.63. The summed E-state index contributed by atoms with van der Waals surface area (Å²) in [4.78, 5) is 24.1. The number of ketones is 2. The molecule has 0 aromatic carbocycles. The zero-order valence-electron chi connectivity index (χ0n) is 10.7. The third-order valence-corrected chi connectivity index (χ3v) is 3.75. The topological polar surface area (TPSA) is 43.4 Å². The summed E-state index contributed by atoms with van der Waals surface area (Å²) in [6.45, 7) is 4.04. The second kappa shape index (κ2) is 3.67. The van der Waals surface area contributed by atoms with Crippen molar-refractivity contribution in [3.05, 3.63) is 34.6 Å². The smallest absolute Gasteiger partial charge is 0.233 e. The molecule has 0 spiro atoms. The van der Waals surface area contributed by atoms with E-state index < -0.39 is 0 Å². The first-order chi connectivity index (χ1) is 8.49. The highest BCUT2D eigenvalue weighted by Gasteiger charge is 2.41. The van der Waals surface area contributed by atoms with Gasteiger partial charge in [-0.1, -0.05) is 12.2 Å². The van der Waals surface area contributed by atoms with Crippen LogP contribution in [0.3, 0.4) is 0 Å². The number of rotatable bonds is 0. The van der Waals surface area contributed by atoms with Crippen molar-refractivity contribution in [1.29, 1.82) is 0 Å². The third kappa shape index (κ3) is 1.57. The van der Waals surface area contributed by atoms with Crippen LogP contribution in [0.5, 0.6) is 0 Å². The van der Waals surface area contributed by atoms with Crippen molar-refractivity contribution in [2.45, 2.75) is 45.1 Å². The monoisotopic (exact) mass is 244 g/mol. The standard InChI is InChI=1S/C15H16O3/c1-15(2)8-7-11-13(17)12(16)9-5-3-4-6-10(9)14(11)18-15/h5-6H,3-4,7-8H2,1-2H3. The van der Waals surface area contributed by atoms with Crippen LogP contribution in [-0.2, 0) is 14.3 Å². The molecule has 3 aliphatic rings. The van der Waals surface area contributed by atoms with Crippen LogP contribution < -0.4 is 0 Å². The van der Waals surface area contributed by atoms with Crippen LogP contribution in [0.2, 0.25) is 0 Å². The summed E-state index contributed by atoms with van der Waals surface area (Å²) >= 11 is 0. The second-order valence-electron chi connectivity index (χ2n) is 5.64. The lowest BCUT2D eigenvalue weighted by Crippen LogP contribution is -2.37. The maximum absolute atomic E-state index is 12.1. The molecule has 3 nitrogen and oxygen atoms in total. The quantitative estimate of drug-likeness (QED) is 0.615. The first-order valence-electron chi connectivity index (χ1n) is 6.42. The Kier molecular flexibility index (Phi) is 2.34. The average Bonchev–Trinajstić information content (AvgIpc) is 2.35. The number of carbonyl (C=O) groups excluding carboxylic acids is 2. The predicted molar refractivity (Wildman–Crippen MR) is 66.8 cm³/mol. The van der Waals surface area contributed by atoms with E-state index in [2.05, 4.69) is 0 Å². The minimum Gasteiger partial charge on any atom is -0.487 e. The van der Waals surface area contributed by atoms with E-state index in [0.717, 1.165) is 24.8 Å². The highest BCUT2D eigenvalue weighted by Crippen LogP contribution is 2.42. The van der Waals surface area contributed by atoms with E-state index in [-0.39, 0.29) is 17.2 Å². The number of Topliss-reactive ketones (excluding diaryl/α,β-unsaturated/α-hetero) is 2. The van der Waals surface area contributed by atoms with Crippen LogP contribution in [0.15, 0.2) is 34.6 Å². The maximum Gasteiger partial charge on any atom is 0.233 e. The van der Waals surface area contributed by atoms with Gasteiger partial charge in [-0.25, -0.2) is 0 Å². The maximum atomic E-state index is 12.1. The summed E-state index contributed by atoms with van der Waals surface area (Å²) in [7, 11) is 0. The normalized spacial score (nSPS) is 25.9. The third-order valence-electron chi connectivity index (χ3n) is 3.75. The van der Waals surface area contributed by atoms with Crippen molar-refractivity contribution in [3.63, 3.8) is 0 Å². The fourth-order valence-electron chi connectivity index (χ4n) is 2.73. The molecule has 0 aromatic rings. The lowest BCUT2D eigenvalue weighted by Gasteiger charge is -2.37. The molecule has 1 aliphatic heterocycles. The summed E-state index contributed by atoms with van der Waals surface area (Å²) < 4.78 is 5.96. The summed E-state index contributed by atoms with van der Waals surface area (Å²) in [5.74, 6) is -0.0735. The fourth-order valence-corrected chi connectivity index (χ4v) is 2.73. The Hall–Kier alpha value is -1.64. The Balaban J connectivity index is 2.16. The van der Waals surface area contributed by atoms with Crippen molar-refractivity contribution in [2.75, 3.05) is 0 Å². The molecule has 1 heterocycles. The van der Waals surface area contributed by atoms with Gasteiger partial charge in [0.15, 0.2) is 0 Å². The molecule has 2 aliphatic carbocycles. The van der Waals surface area contributed by atoms with Crippen molar-refractivity contribution >= 4 is 11.6 Å². The van der Waals surface area contributed by atoms with E-state index >= 15 is 0 Å². The Labute approximate surface area is 106 Å². The highest BCUT2D eigenvalue weighted by molar-refractivity contribution is 6.51. The number of hydrogen-bond donors (Lipinski definition) is 0. The van der Waals surface area contributed by atoms with Gasteiger partial charge in [-0.2, -0.15) is 0 Å². The van der Waals surface area contributed by atoms with Gasteiger partial charge in [-0.15, -0.1) is 0 Å². The molecule has 0 amide bonds. The summed E-state index contributed by atoms with van der Waals surface area (Å²) in [6.07, 6.45) is 7.03. The Bertz CT molecular complexity index is 544. The van der Waals surface area contributed by atoms with Gasteiger partial charge in [0.05, 0.1) is 0 Å². The molecule has 0 atom stereocenters. The molecule has 0 fully saturated rings. The fraction of sp³-hybridized carbons (Fsp3) is 0.467. The SMILES string of the molecule is CC1(C)CCC2=C(O1)C1=CCCC=C1C(=O)C2=O. The summed E-state index contributed by atoms with van der Waals surface area (Å²) in [5, 5.41) is 0. The largest absolute Gasteiger partial charge is 0.487 e. The molecule has 94 valence electrons. The van der Waals surface area contributed by atoms with Crippen LogP contribution in [0.25, 0.3) is 0 Å². The molecule has 0 aromatic heterocycles. The van der Waals surface area contributed by atoms with Crippen molar-refractivity contribution < 1.29 is 14.3 Å². The molecule has 3 heteroatoms. The van der Waals surface area contributed by atoms with Gasteiger partial charge in [0.1, 0.15) is 11.4 Å². The molecule has 0 bridgehead atoms. The number of fused-ring (bicyclic) bond motifs is 2. The van der Waals surface area contributed by atoms with E-state index in [4.69, 9.17) is 4.74 Å². The Morgan fingerprint density at radius 1 is 1.06 bits per heavy atom. The molecule has 18 heavy (non-hydrogen) atoms. The molecule has 0 saturated heterocycles. The zero-order chi connectivity index (χ0) is 12.9. The summed E-state index contributed by atoms with van der Waals surface area (Å²) in [5.41, 5.74) is 1.70. The first-order valence-corrected chi connectivity index (χ1v) is 6.42. The summed E-state index contributed by atoms with van der Waals surface area (Å²) in [6, 6.07) is 0. The van der Waals surface area contributed by atoms with Gasteiger partial charge >= 0.3 is 0 Å². The average molecular weight is 244 g/mol. The Morgan fingerprint density at radius 2 is 1.72 bits per heavy atom. The molecular formula is C15H16O3. The molecular weight excluding hydrogens is 228 g/mol. The van der Waals surface area contributed by atoms with E-state index in [1.54, 1.807) is 0 Å². The number of carbonyl (C=O) groups is 2. The Morgan fingerprint density at radius 3 is 2.44 bits per heavy atom. The van der Waals surface area contributed by atoms with E-state index in [1.807, 2.05) is 26.0 Å². The molecule has 0 unspecified atom stereocenters. The zero-order valence-corrected chi connectivity index (χ0v) is 10.7. The number of ether oxygens (including phenoxy) is 1. The molecule has 0 radical (unpaired) electrons. The van der Waals surface area contributed by atoms with Crippen LogP contribution >= 0.6 is 0 Å². The van der Waals surface area contributed by atoms with Crippen LogP contribution in [-0.4, -0.2) is 17.2 Å². The van der Waals surface area contributed by atoms with Gasteiger partial charge in [0.2, 0.25) is 11.6 Å². The van der Waals surface area contributed by atoms with Gasteiger partial charge in [0, 0.05) is 16.7 Å². The van der Waals surface area contributed by atoms with Gasteiger partial charge in [-0.3, -0.25) is 9.59 Å². The van der Waals surface area contributed by atoms with Gasteiger partial charge < -0.3 is 4.74 Å². The first kappa shape index (κ1) is 11.5. The van der Waals surface area contributed by atoms with Crippen LogP contribution in [0, 0.1) is 0 Å². The molecule has 0 N–H and O–H groups in total. The molecule has 3 rings (SSSR count). The van der Waals surface area contributed by atoms with E-state index in [1.165, 1.54) is 0 Å². The van der Waals surface area contributed by atoms with Crippen molar-refractivity contribution in [2.24, 2.45) is 0 Å². The van der Waals surface area contributed by atoms with E-state index in [9.17, 15) is 9.59 Å². The number of hydrogen-bond acceptors (Lipinski definition) is 3. The second-order valence-corrected chi connectivity index (χ2v) is 5.64. The van der Waals surface area contributed by atoms with Gasteiger partial charge in [-0.05, 0) is 39.5 Å².